The molecule has 1 aliphatic heterocycles. The van der Waals surface area contributed by atoms with E-state index in [0.29, 0.717) is 6.04 Å². The molecule has 0 aliphatic carbocycles. The van der Waals surface area contributed by atoms with E-state index in [0.717, 1.165) is 13.0 Å². The number of rotatable bonds is 8. The van der Waals surface area contributed by atoms with E-state index in [9.17, 15) is 0 Å². The van der Waals surface area contributed by atoms with Gasteiger partial charge in [-0.15, -0.1) is 0 Å². The Morgan fingerprint density at radius 3 is 2.48 bits per heavy atom. The SMILES string of the molecule is CCC(Cc1ccccc1)NCCCN1CCN(C)CC1. The fourth-order valence-corrected chi connectivity index (χ4v) is 2.94. The van der Waals surface area contributed by atoms with Gasteiger partial charge in [0.1, 0.15) is 0 Å². The third-order valence-corrected chi connectivity index (χ3v) is 4.50. The molecule has 118 valence electrons. The quantitative estimate of drug-likeness (QED) is 0.741. The lowest BCUT2D eigenvalue weighted by Crippen LogP contribution is -2.45. The van der Waals surface area contributed by atoms with Crippen LogP contribution >= 0.6 is 0 Å². The summed E-state index contributed by atoms with van der Waals surface area (Å²) < 4.78 is 0. The molecule has 1 heterocycles. The summed E-state index contributed by atoms with van der Waals surface area (Å²) in [6.07, 6.45) is 3.60. The van der Waals surface area contributed by atoms with Crippen molar-refractivity contribution in [1.82, 2.24) is 15.1 Å². The van der Waals surface area contributed by atoms with Crippen molar-refractivity contribution in [2.75, 3.05) is 46.3 Å². The third-order valence-electron chi connectivity index (χ3n) is 4.50. The highest BCUT2D eigenvalue weighted by atomic mass is 15.2. The molecule has 1 aromatic carbocycles. The van der Waals surface area contributed by atoms with Gasteiger partial charge in [-0.05, 0) is 45.0 Å². The standard InChI is InChI=1S/C18H31N3/c1-3-18(16-17-8-5-4-6-9-17)19-10-7-11-21-14-12-20(2)13-15-21/h4-6,8-9,18-19H,3,7,10-16H2,1-2H3. The lowest BCUT2D eigenvalue weighted by molar-refractivity contribution is 0.152. The Kier molecular flexibility index (Phi) is 7.20. The summed E-state index contributed by atoms with van der Waals surface area (Å²) in [6.45, 7) is 9.56. The van der Waals surface area contributed by atoms with Gasteiger partial charge >= 0.3 is 0 Å². The van der Waals surface area contributed by atoms with Crippen LogP contribution in [0.2, 0.25) is 0 Å². The Hall–Kier alpha value is -0.900. The van der Waals surface area contributed by atoms with E-state index in [1.54, 1.807) is 0 Å². The molecular weight excluding hydrogens is 258 g/mol. The van der Waals surface area contributed by atoms with E-state index >= 15 is 0 Å². The van der Waals surface area contributed by atoms with Crippen molar-refractivity contribution >= 4 is 0 Å². The van der Waals surface area contributed by atoms with Crippen molar-refractivity contribution in [3.63, 3.8) is 0 Å². The summed E-state index contributed by atoms with van der Waals surface area (Å²) in [7, 11) is 2.22. The monoisotopic (exact) mass is 289 g/mol. The zero-order valence-corrected chi connectivity index (χ0v) is 13.7. The van der Waals surface area contributed by atoms with E-state index in [-0.39, 0.29) is 0 Å². The molecule has 0 spiro atoms. The summed E-state index contributed by atoms with van der Waals surface area (Å²) in [5.74, 6) is 0. The zero-order chi connectivity index (χ0) is 14.9. The second-order valence-electron chi connectivity index (χ2n) is 6.25. The van der Waals surface area contributed by atoms with Crippen LogP contribution in [0.1, 0.15) is 25.3 Å². The number of benzene rings is 1. The lowest BCUT2D eigenvalue weighted by Gasteiger charge is -2.32. The lowest BCUT2D eigenvalue weighted by atomic mass is 10.0. The number of nitrogens with zero attached hydrogens (tertiary/aromatic N) is 2. The fraction of sp³-hybridized carbons (Fsp3) is 0.667. The Balaban J connectivity index is 1.60. The minimum atomic E-state index is 0.611. The van der Waals surface area contributed by atoms with E-state index in [4.69, 9.17) is 0 Å². The molecule has 3 nitrogen and oxygen atoms in total. The summed E-state index contributed by atoms with van der Waals surface area (Å²) >= 11 is 0. The maximum Gasteiger partial charge on any atom is 0.0110 e. The summed E-state index contributed by atoms with van der Waals surface area (Å²) in [5.41, 5.74) is 1.44. The molecule has 21 heavy (non-hydrogen) atoms. The summed E-state index contributed by atoms with van der Waals surface area (Å²) in [5, 5.41) is 3.73. The highest BCUT2D eigenvalue weighted by Crippen LogP contribution is 2.06. The molecule has 2 rings (SSSR count). The van der Waals surface area contributed by atoms with Crippen LogP contribution in [0.4, 0.5) is 0 Å². The van der Waals surface area contributed by atoms with Crippen molar-refractivity contribution < 1.29 is 0 Å². The van der Waals surface area contributed by atoms with Gasteiger partial charge in [-0.3, -0.25) is 0 Å². The van der Waals surface area contributed by atoms with Crippen LogP contribution in [0.15, 0.2) is 30.3 Å². The van der Waals surface area contributed by atoms with Crippen molar-refractivity contribution in [2.45, 2.75) is 32.2 Å². The van der Waals surface area contributed by atoms with E-state index in [2.05, 4.69) is 59.4 Å². The van der Waals surface area contributed by atoms with Crippen molar-refractivity contribution in [2.24, 2.45) is 0 Å². The molecule has 1 aliphatic rings. The Bertz CT molecular complexity index is 371. The van der Waals surface area contributed by atoms with Crippen molar-refractivity contribution in [3.05, 3.63) is 35.9 Å². The van der Waals surface area contributed by atoms with Crippen LogP contribution in [0.5, 0.6) is 0 Å². The molecule has 3 heteroatoms. The largest absolute Gasteiger partial charge is 0.314 e. The first kappa shape index (κ1) is 16.5. The van der Waals surface area contributed by atoms with Gasteiger partial charge in [-0.1, -0.05) is 37.3 Å². The van der Waals surface area contributed by atoms with Gasteiger partial charge in [-0.2, -0.15) is 0 Å². The van der Waals surface area contributed by atoms with Crippen LogP contribution in [0.25, 0.3) is 0 Å². The molecular formula is C18H31N3. The van der Waals surface area contributed by atoms with Gasteiger partial charge in [0, 0.05) is 32.2 Å². The molecule has 0 aromatic heterocycles. The molecule has 1 aromatic rings. The molecule has 0 saturated carbocycles. The number of piperazine rings is 1. The van der Waals surface area contributed by atoms with Crippen LogP contribution < -0.4 is 5.32 Å². The van der Waals surface area contributed by atoms with Gasteiger partial charge < -0.3 is 15.1 Å². The minimum Gasteiger partial charge on any atom is -0.314 e. The van der Waals surface area contributed by atoms with E-state index in [1.807, 2.05) is 0 Å². The predicted octanol–water partition coefficient (Wildman–Crippen LogP) is 2.23. The zero-order valence-electron chi connectivity index (χ0n) is 13.7. The molecule has 0 bridgehead atoms. The maximum atomic E-state index is 3.73. The highest BCUT2D eigenvalue weighted by molar-refractivity contribution is 5.15. The van der Waals surface area contributed by atoms with Crippen LogP contribution in [-0.2, 0) is 6.42 Å². The van der Waals surface area contributed by atoms with Crippen LogP contribution in [0.3, 0.4) is 0 Å². The van der Waals surface area contributed by atoms with Crippen molar-refractivity contribution in [1.29, 1.82) is 0 Å². The molecule has 1 saturated heterocycles. The van der Waals surface area contributed by atoms with Crippen LogP contribution in [0, 0.1) is 0 Å². The highest BCUT2D eigenvalue weighted by Gasteiger charge is 2.13. The smallest absolute Gasteiger partial charge is 0.0110 e. The van der Waals surface area contributed by atoms with Gasteiger partial charge in [0.2, 0.25) is 0 Å². The normalized spacial score (nSPS) is 18.8. The maximum absolute atomic E-state index is 3.73. The molecule has 1 atom stereocenters. The Labute approximate surface area is 130 Å². The minimum absolute atomic E-state index is 0.611. The molecule has 1 N–H and O–H groups in total. The first-order valence-corrected chi connectivity index (χ1v) is 8.46. The van der Waals surface area contributed by atoms with Gasteiger partial charge in [0.05, 0.1) is 0 Å². The second-order valence-corrected chi connectivity index (χ2v) is 6.25. The summed E-state index contributed by atoms with van der Waals surface area (Å²) in [6, 6.07) is 11.4. The van der Waals surface area contributed by atoms with E-state index in [1.165, 1.54) is 51.1 Å². The average Bonchev–Trinajstić information content (AvgIpc) is 2.53. The molecule has 0 amide bonds. The first-order valence-electron chi connectivity index (χ1n) is 8.46. The number of likely N-dealkylation sites (N-methyl/N-ethyl adjacent to an activating group) is 1. The van der Waals surface area contributed by atoms with Gasteiger partial charge in [0.15, 0.2) is 0 Å². The Morgan fingerprint density at radius 1 is 1.10 bits per heavy atom. The number of hydrogen-bond donors (Lipinski definition) is 1. The molecule has 1 fully saturated rings. The first-order chi connectivity index (χ1) is 10.3. The predicted molar refractivity (Wildman–Crippen MR) is 90.8 cm³/mol. The summed E-state index contributed by atoms with van der Waals surface area (Å²) in [4.78, 5) is 5.02. The number of nitrogens with one attached hydrogen (secondary N) is 1. The van der Waals surface area contributed by atoms with Gasteiger partial charge in [0.25, 0.3) is 0 Å². The van der Waals surface area contributed by atoms with E-state index < -0.39 is 0 Å². The average molecular weight is 289 g/mol. The van der Waals surface area contributed by atoms with Gasteiger partial charge in [-0.25, -0.2) is 0 Å². The fourth-order valence-electron chi connectivity index (χ4n) is 2.94. The third kappa shape index (κ3) is 6.16. The second kappa shape index (κ2) is 9.19. The molecule has 1 unspecified atom stereocenters. The topological polar surface area (TPSA) is 18.5 Å². The Morgan fingerprint density at radius 2 is 1.81 bits per heavy atom. The van der Waals surface area contributed by atoms with Crippen LogP contribution in [-0.4, -0.2) is 62.2 Å². The van der Waals surface area contributed by atoms with Crippen molar-refractivity contribution in [3.8, 4) is 0 Å². The number of hydrogen-bond acceptors (Lipinski definition) is 3. The molecule has 0 radical (unpaired) electrons.